The summed E-state index contributed by atoms with van der Waals surface area (Å²) in [4.78, 5) is 13.2. The second-order valence-electron chi connectivity index (χ2n) is 4.91. The fourth-order valence-corrected chi connectivity index (χ4v) is 2.41. The van der Waals surface area contributed by atoms with Crippen LogP contribution < -0.4 is 10.6 Å². The molecule has 1 aliphatic heterocycles. The van der Waals surface area contributed by atoms with Gasteiger partial charge in [0.2, 0.25) is 5.91 Å². The molecular formula is C14H17F3N2O. The van der Waals surface area contributed by atoms with Gasteiger partial charge in [-0.3, -0.25) is 4.79 Å². The highest BCUT2D eigenvalue weighted by Crippen LogP contribution is 2.38. The van der Waals surface area contributed by atoms with E-state index in [4.69, 9.17) is 5.73 Å². The normalized spacial score (nSPS) is 17.2. The maximum Gasteiger partial charge on any atom is 0.418 e. The monoisotopic (exact) mass is 286 g/mol. The van der Waals surface area contributed by atoms with Gasteiger partial charge in [0, 0.05) is 19.5 Å². The molecule has 0 atom stereocenters. The third kappa shape index (κ3) is 3.12. The number of nitrogens with zero attached hydrogens (tertiary/aromatic N) is 1. The summed E-state index contributed by atoms with van der Waals surface area (Å²) in [6.45, 7) is 0.376. The van der Waals surface area contributed by atoms with E-state index in [1.165, 1.54) is 11.0 Å². The highest BCUT2D eigenvalue weighted by molar-refractivity contribution is 5.94. The molecule has 0 bridgehead atoms. The second kappa shape index (κ2) is 5.83. The van der Waals surface area contributed by atoms with Crippen molar-refractivity contribution in [2.24, 2.45) is 5.73 Å². The number of carbonyl (C=O) groups is 1. The average molecular weight is 286 g/mol. The van der Waals surface area contributed by atoms with E-state index in [1.54, 1.807) is 6.07 Å². The number of rotatable bonds is 2. The molecule has 1 fully saturated rings. The molecule has 1 aromatic carbocycles. The van der Waals surface area contributed by atoms with Gasteiger partial charge in [0.15, 0.2) is 0 Å². The zero-order valence-corrected chi connectivity index (χ0v) is 11.0. The van der Waals surface area contributed by atoms with Crippen LogP contribution in [-0.2, 0) is 17.5 Å². The quantitative estimate of drug-likeness (QED) is 0.908. The van der Waals surface area contributed by atoms with E-state index in [9.17, 15) is 18.0 Å². The fourth-order valence-electron chi connectivity index (χ4n) is 2.41. The largest absolute Gasteiger partial charge is 0.418 e. The molecule has 1 aliphatic rings. The van der Waals surface area contributed by atoms with Crippen LogP contribution in [0.4, 0.5) is 18.9 Å². The van der Waals surface area contributed by atoms with Gasteiger partial charge in [-0.05, 0) is 30.5 Å². The maximum atomic E-state index is 13.2. The van der Waals surface area contributed by atoms with Crippen molar-refractivity contribution in [1.29, 1.82) is 0 Å². The number of hydrogen-bond donors (Lipinski definition) is 1. The Kier molecular flexibility index (Phi) is 4.32. The van der Waals surface area contributed by atoms with Crippen LogP contribution in [0.15, 0.2) is 18.2 Å². The summed E-state index contributed by atoms with van der Waals surface area (Å²) in [5.41, 5.74) is 4.96. The van der Waals surface area contributed by atoms with Gasteiger partial charge in [0.25, 0.3) is 0 Å². The van der Waals surface area contributed by atoms with Crippen molar-refractivity contribution in [2.45, 2.75) is 38.4 Å². The van der Waals surface area contributed by atoms with Crippen LogP contribution in [0.2, 0.25) is 0 Å². The zero-order chi connectivity index (χ0) is 14.8. The van der Waals surface area contributed by atoms with Crippen molar-refractivity contribution in [1.82, 2.24) is 0 Å². The van der Waals surface area contributed by atoms with E-state index in [1.807, 2.05) is 0 Å². The maximum absolute atomic E-state index is 13.2. The zero-order valence-electron chi connectivity index (χ0n) is 11.0. The van der Waals surface area contributed by atoms with Crippen LogP contribution in [0.1, 0.15) is 36.8 Å². The number of benzene rings is 1. The lowest BCUT2D eigenvalue weighted by atomic mass is 10.1. The Balaban J connectivity index is 2.46. The summed E-state index contributed by atoms with van der Waals surface area (Å²) in [6.07, 6.45) is -1.87. The van der Waals surface area contributed by atoms with Crippen molar-refractivity contribution in [3.05, 3.63) is 29.3 Å². The molecule has 0 spiro atoms. The lowest BCUT2D eigenvalue weighted by Gasteiger charge is -2.25. The summed E-state index contributed by atoms with van der Waals surface area (Å²) in [6, 6.07) is 3.94. The molecule has 0 aliphatic carbocycles. The van der Waals surface area contributed by atoms with Gasteiger partial charge >= 0.3 is 6.18 Å². The SMILES string of the molecule is NCc1ccc(N2CCCCCC2=O)c(C(F)(F)F)c1. The molecule has 0 unspecified atom stereocenters. The molecule has 1 heterocycles. The predicted octanol–water partition coefficient (Wildman–Crippen LogP) is 3.07. The molecule has 20 heavy (non-hydrogen) atoms. The predicted molar refractivity (Wildman–Crippen MR) is 70.2 cm³/mol. The summed E-state index contributed by atoms with van der Waals surface area (Å²) >= 11 is 0. The molecule has 0 saturated carbocycles. The van der Waals surface area contributed by atoms with E-state index >= 15 is 0 Å². The molecule has 1 amide bonds. The van der Waals surface area contributed by atoms with Crippen LogP contribution in [0.3, 0.4) is 0 Å². The van der Waals surface area contributed by atoms with Gasteiger partial charge in [-0.15, -0.1) is 0 Å². The van der Waals surface area contributed by atoms with Gasteiger partial charge < -0.3 is 10.6 Å². The Hall–Kier alpha value is -1.56. The number of carbonyl (C=O) groups excluding carboxylic acids is 1. The number of amides is 1. The molecule has 110 valence electrons. The molecule has 3 nitrogen and oxygen atoms in total. The Morgan fingerprint density at radius 1 is 1.20 bits per heavy atom. The number of hydrogen-bond acceptors (Lipinski definition) is 2. The van der Waals surface area contributed by atoms with E-state index in [0.717, 1.165) is 25.3 Å². The molecule has 2 N–H and O–H groups in total. The van der Waals surface area contributed by atoms with Crippen molar-refractivity contribution in [3.8, 4) is 0 Å². The molecular weight excluding hydrogens is 269 g/mol. The molecule has 6 heteroatoms. The highest BCUT2D eigenvalue weighted by Gasteiger charge is 2.36. The van der Waals surface area contributed by atoms with Crippen molar-refractivity contribution in [3.63, 3.8) is 0 Å². The van der Waals surface area contributed by atoms with Crippen LogP contribution in [0, 0.1) is 0 Å². The van der Waals surface area contributed by atoms with E-state index < -0.39 is 11.7 Å². The first-order chi connectivity index (χ1) is 9.43. The minimum absolute atomic E-state index is 0.0390. The summed E-state index contributed by atoms with van der Waals surface area (Å²) in [7, 11) is 0. The summed E-state index contributed by atoms with van der Waals surface area (Å²) in [5.74, 6) is -0.242. The van der Waals surface area contributed by atoms with Crippen molar-refractivity contribution < 1.29 is 18.0 Å². The molecule has 1 aromatic rings. The Bertz CT molecular complexity index is 500. The lowest BCUT2D eigenvalue weighted by molar-refractivity contribution is -0.137. The van der Waals surface area contributed by atoms with Gasteiger partial charge in [0.05, 0.1) is 11.3 Å². The Morgan fingerprint density at radius 3 is 2.60 bits per heavy atom. The second-order valence-corrected chi connectivity index (χ2v) is 4.91. The highest BCUT2D eigenvalue weighted by atomic mass is 19.4. The van der Waals surface area contributed by atoms with Gasteiger partial charge in [-0.2, -0.15) is 13.2 Å². The van der Waals surface area contributed by atoms with E-state index in [0.29, 0.717) is 18.5 Å². The summed E-state index contributed by atoms with van der Waals surface area (Å²) < 4.78 is 39.5. The van der Waals surface area contributed by atoms with Gasteiger partial charge in [-0.1, -0.05) is 12.5 Å². The van der Waals surface area contributed by atoms with Crippen LogP contribution in [0.5, 0.6) is 0 Å². The molecule has 0 aromatic heterocycles. The number of nitrogens with two attached hydrogens (primary N) is 1. The number of alkyl halides is 3. The molecule has 0 radical (unpaired) electrons. The first-order valence-corrected chi connectivity index (χ1v) is 6.64. The minimum Gasteiger partial charge on any atom is -0.326 e. The fraction of sp³-hybridized carbons (Fsp3) is 0.500. The summed E-state index contributed by atoms with van der Waals surface area (Å²) in [5, 5.41) is 0. The molecule has 2 rings (SSSR count). The van der Waals surface area contributed by atoms with E-state index in [2.05, 4.69) is 0 Å². The number of anilines is 1. The number of halogens is 3. The lowest BCUT2D eigenvalue weighted by Crippen LogP contribution is -2.32. The minimum atomic E-state index is -4.49. The smallest absolute Gasteiger partial charge is 0.326 e. The topological polar surface area (TPSA) is 46.3 Å². The Morgan fingerprint density at radius 2 is 1.95 bits per heavy atom. The van der Waals surface area contributed by atoms with Crippen LogP contribution >= 0.6 is 0 Å². The Labute approximate surface area is 115 Å². The first-order valence-electron chi connectivity index (χ1n) is 6.64. The van der Waals surface area contributed by atoms with Gasteiger partial charge in [0.1, 0.15) is 0 Å². The van der Waals surface area contributed by atoms with Crippen LogP contribution in [-0.4, -0.2) is 12.5 Å². The van der Waals surface area contributed by atoms with Crippen molar-refractivity contribution >= 4 is 11.6 Å². The van der Waals surface area contributed by atoms with Gasteiger partial charge in [-0.25, -0.2) is 0 Å². The average Bonchev–Trinajstić information content (AvgIpc) is 2.62. The third-order valence-corrected chi connectivity index (χ3v) is 3.47. The standard InChI is InChI=1S/C14H17F3N2O/c15-14(16,17)11-8-10(9-18)5-6-12(11)19-7-3-1-2-4-13(19)20/h5-6,8H,1-4,7,9,18H2. The third-order valence-electron chi connectivity index (χ3n) is 3.47. The first kappa shape index (κ1) is 14.8. The van der Waals surface area contributed by atoms with Crippen molar-refractivity contribution in [2.75, 3.05) is 11.4 Å². The van der Waals surface area contributed by atoms with E-state index in [-0.39, 0.29) is 18.1 Å². The van der Waals surface area contributed by atoms with Crippen LogP contribution in [0.25, 0.3) is 0 Å². The molecule has 1 saturated heterocycles.